The third kappa shape index (κ3) is 27.1. The van der Waals surface area contributed by atoms with Crippen molar-refractivity contribution in [2.45, 2.75) is 175 Å². The first-order chi connectivity index (χ1) is 19.6. The van der Waals surface area contributed by atoms with Gasteiger partial charge in [0.2, 0.25) is 0 Å². The molecule has 0 saturated heterocycles. The van der Waals surface area contributed by atoms with Gasteiger partial charge in [-0.05, 0) is 58.0 Å². The molecule has 238 valence electrons. The number of nitrogens with zero attached hydrogens (tertiary/aromatic N) is 1. The van der Waals surface area contributed by atoms with Crippen LogP contribution in [0.2, 0.25) is 0 Å². The lowest BCUT2D eigenvalue weighted by molar-refractivity contribution is -0.150. The van der Waals surface area contributed by atoms with E-state index in [1.54, 1.807) is 0 Å². The highest BCUT2D eigenvalue weighted by Gasteiger charge is 2.13. The smallest absolute Gasteiger partial charge is 0.306 e. The fourth-order valence-electron chi connectivity index (χ4n) is 5.12. The Morgan fingerprint density at radius 2 is 1.07 bits per heavy atom. The van der Waals surface area contributed by atoms with Gasteiger partial charge < -0.3 is 19.5 Å². The molecule has 1 unspecified atom stereocenters. The fraction of sp³-hybridized carbons (Fsp3) is 0.941. The van der Waals surface area contributed by atoms with E-state index in [4.69, 9.17) is 9.47 Å². The normalized spacial score (nSPS) is 12.1. The zero-order valence-electron chi connectivity index (χ0n) is 26.9. The Bertz CT molecular complexity index is 556. The van der Waals surface area contributed by atoms with E-state index in [9.17, 15) is 14.7 Å². The number of aliphatic hydroxyl groups excluding tert-OH is 1. The van der Waals surface area contributed by atoms with Gasteiger partial charge in [-0.15, -0.1) is 0 Å². The van der Waals surface area contributed by atoms with Crippen molar-refractivity contribution >= 4 is 11.9 Å². The summed E-state index contributed by atoms with van der Waals surface area (Å²) in [6, 6.07) is 0. The van der Waals surface area contributed by atoms with Crippen LogP contribution in [0, 0.1) is 0 Å². The average Bonchev–Trinajstić information content (AvgIpc) is 2.94. The Balaban J connectivity index is 3.64. The molecule has 0 aliphatic carbocycles. The molecule has 1 N–H and O–H groups in total. The Hall–Kier alpha value is -1.14. The van der Waals surface area contributed by atoms with Gasteiger partial charge in [-0.3, -0.25) is 9.59 Å². The minimum absolute atomic E-state index is 0.00439. The van der Waals surface area contributed by atoms with Crippen LogP contribution in [-0.2, 0) is 19.1 Å². The van der Waals surface area contributed by atoms with Crippen molar-refractivity contribution < 1.29 is 24.2 Å². The molecule has 0 bridgehead atoms. The van der Waals surface area contributed by atoms with Gasteiger partial charge in [0.15, 0.2) is 0 Å². The number of rotatable bonds is 31. The molecule has 0 aliphatic heterocycles. The van der Waals surface area contributed by atoms with Gasteiger partial charge in [0.1, 0.15) is 6.10 Å². The first kappa shape index (κ1) is 38.9. The third-order valence-corrected chi connectivity index (χ3v) is 7.68. The lowest BCUT2D eigenvalue weighted by atomic mass is 10.1. The van der Waals surface area contributed by atoms with Gasteiger partial charge in [-0.2, -0.15) is 0 Å². The predicted octanol–water partition coefficient (Wildman–Crippen LogP) is 8.77. The molecule has 0 spiro atoms. The summed E-state index contributed by atoms with van der Waals surface area (Å²) >= 11 is 0. The van der Waals surface area contributed by atoms with E-state index in [1.807, 2.05) is 0 Å². The second-order valence-corrected chi connectivity index (χ2v) is 11.6. The molecule has 0 rings (SSSR count). The Morgan fingerprint density at radius 1 is 0.575 bits per heavy atom. The maximum absolute atomic E-state index is 12.1. The third-order valence-electron chi connectivity index (χ3n) is 7.68. The van der Waals surface area contributed by atoms with Crippen molar-refractivity contribution in [3.63, 3.8) is 0 Å². The number of carbonyl (C=O) groups is 2. The number of aliphatic hydroxyl groups is 1. The summed E-state index contributed by atoms with van der Waals surface area (Å²) in [6.07, 6.45) is 25.0. The molecule has 0 fully saturated rings. The largest absolute Gasteiger partial charge is 0.466 e. The van der Waals surface area contributed by atoms with Crippen LogP contribution in [0.4, 0.5) is 0 Å². The molecule has 0 aliphatic rings. The van der Waals surface area contributed by atoms with Gasteiger partial charge >= 0.3 is 11.9 Å². The summed E-state index contributed by atoms with van der Waals surface area (Å²) in [4.78, 5) is 26.2. The van der Waals surface area contributed by atoms with E-state index in [2.05, 4.69) is 25.7 Å². The molecule has 0 amide bonds. The Kier molecular flexibility index (Phi) is 29.9. The zero-order valence-corrected chi connectivity index (χ0v) is 26.9. The van der Waals surface area contributed by atoms with Crippen LogP contribution < -0.4 is 0 Å². The molecule has 0 aromatic rings. The molecule has 0 radical (unpaired) electrons. The quantitative estimate of drug-likeness (QED) is 0.0664. The van der Waals surface area contributed by atoms with Gasteiger partial charge in [0.25, 0.3) is 0 Å². The number of esters is 2. The van der Waals surface area contributed by atoms with Crippen molar-refractivity contribution in [3.05, 3.63) is 0 Å². The van der Waals surface area contributed by atoms with Crippen molar-refractivity contribution in [3.8, 4) is 0 Å². The minimum Gasteiger partial charge on any atom is -0.466 e. The maximum atomic E-state index is 12.1. The van der Waals surface area contributed by atoms with Gasteiger partial charge in [-0.1, -0.05) is 111 Å². The van der Waals surface area contributed by atoms with Crippen molar-refractivity contribution in [2.75, 3.05) is 32.8 Å². The van der Waals surface area contributed by atoms with Crippen LogP contribution in [-0.4, -0.2) is 60.9 Å². The van der Waals surface area contributed by atoms with Crippen LogP contribution in [0.25, 0.3) is 0 Å². The molecular formula is C34H67NO5. The highest BCUT2D eigenvalue weighted by molar-refractivity contribution is 5.69. The van der Waals surface area contributed by atoms with Crippen LogP contribution >= 0.6 is 0 Å². The van der Waals surface area contributed by atoms with Crippen LogP contribution in [0.3, 0.4) is 0 Å². The summed E-state index contributed by atoms with van der Waals surface area (Å²) in [5.41, 5.74) is 0. The van der Waals surface area contributed by atoms with Crippen LogP contribution in [0.5, 0.6) is 0 Å². The topological polar surface area (TPSA) is 76.1 Å². The summed E-state index contributed by atoms with van der Waals surface area (Å²) in [5.74, 6) is -0.0416. The first-order valence-corrected chi connectivity index (χ1v) is 17.3. The predicted molar refractivity (Wildman–Crippen MR) is 168 cm³/mol. The van der Waals surface area contributed by atoms with E-state index >= 15 is 0 Å². The second-order valence-electron chi connectivity index (χ2n) is 11.6. The minimum atomic E-state index is -0.0372. The highest BCUT2D eigenvalue weighted by atomic mass is 16.5. The lowest BCUT2D eigenvalue weighted by Gasteiger charge is -2.21. The van der Waals surface area contributed by atoms with Gasteiger partial charge in [-0.25, -0.2) is 0 Å². The van der Waals surface area contributed by atoms with Crippen LogP contribution in [0.15, 0.2) is 0 Å². The molecule has 40 heavy (non-hydrogen) atoms. The van der Waals surface area contributed by atoms with E-state index in [-0.39, 0.29) is 24.6 Å². The summed E-state index contributed by atoms with van der Waals surface area (Å²) in [7, 11) is 0. The SMILES string of the molecule is CCCCOC(=O)CCCCCCCCCN(CCO)CCCCCCCCCC(=O)OC(CCC)CCCC. The number of carbonyl (C=O) groups excluding carboxylic acids is 2. The summed E-state index contributed by atoms with van der Waals surface area (Å²) < 4.78 is 10.9. The highest BCUT2D eigenvalue weighted by Crippen LogP contribution is 2.15. The van der Waals surface area contributed by atoms with E-state index < -0.39 is 0 Å². The maximum Gasteiger partial charge on any atom is 0.306 e. The van der Waals surface area contributed by atoms with E-state index in [0.29, 0.717) is 19.4 Å². The van der Waals surface area contributed by atoms with Gasteiger partial charge in [0.05, 0.1) is 13.2 Å². The monoisotopic (exact) mass is 570 g/mol. The number of hydrogen-bond acceptors (Lipinski definition) is 6. The van der Waals surface area contributed by atoms with E-state index in [1.165, 1.54) is 64.2 Å². The van der Waals surface area contributed by atoms with Crippen molar-refractivity contribution in [1.82, 2.24) is 4.90 Å². The lowest BCUT2D eigenvalue weighted by Crippen LogP contribution is -2.29. The van der Waals surface area contributed by atoms with Gasteiger partial charge in [0, 0.05) is 19.4 Å². The second kappa shape index (κ2) is 30.8. The number of ether oxygens (including phenoxy) is 2. The Labute approximate surface area is 248 Å². The summed E-state index contributed by atoms with van der Waals surface area (Å²) in [5, 5.41) is 9.43. The fourth-order valence-corrected chi connectivity index (χ4v) is 5.12. The molecule has 6 nitrogen and oxygen atoms in total. The number of hydrogen-bond donors (Lipinski definition) is 1. The Morgan fingerprint density at radius 3 is 1.57 bits per heavy atom. The molecule has 0 aromatic heterocycles. The first-order valence-electron chi connectivity index (χ1n) is 17.3. The molecule has 1 atom stereocenters. The molecule has 0 heterocycles. The van der Waals surface area contributed by atoms with Crippen molar-refractivity contribution in [2.24, 2.45) is 0 Å². The van der Waals surface area contributed by atoms with E-state index in [0.717, 1.165) is 90.3 Å². The molecule has 6 heteroatoms. The number of unbranched alkanes of at least 4 members (excludes halogenated alkanes) is 14. The molecule has 0 aromatic carbocycles. The summed E-state index contributed by atoms with van der Waals surface area (Å²) in [6.45, 7) is 10.2. The molecular weight excluding hydrogens is 502 g/mol. The van der Waals surface area contributed by atoms with Crippen molar-refractivity contribution in [1.29, 1.82) is 0 Å². The van der Waals surface area contributed by atoms with Crippen LogP contribution in [0.1, 0.15) is 168 Å². The zero-order chi connectivity index (χ0) is 29.5. The standard InChI is InChI=1S/C34H67NO5/c1-4-7-24-32(23-6-3)40-34(38)26-20-16-12-10-14-18-22-28-35(29-30-36)27-21-17-13-9-11-15-19-25-33(37)39-31-8-5-2/h32,36H,4-31H2,1-3H3. The molecule has 0 saturated carbocycles. The average molecular weight is 570 g/mol.